The largest absolute Gasteiger partial charge is 0.337 e. The monoisotopic (exact) mass is 325 g/mol. The van der Waals surface area contributed by atoms with Crippen molar-refractivity contribution in [2.24, 2.45) is 0 Å². The molecule has 1 aromatic carbocycles. The number of carbonyl (C=O) groups is 1. The second-order valence-electron chi connectivity index (χ2n) is 5.56. The Morgan fingerprint density at radius 1 is 1.23 bits per heavy atom. The van der Waals surface area contributed by atoms with Gasteiger partial charge in [-0.15, -0.1) is 0 Å². The highest BCUT2D eigenvalue weighted by Gasteiger charge is 2.28. The minimum atomic E-state index is -3.24. The topological polar surface area (TPSA) is 78.5 Å². The van der Waals surface area contributed by atoms with Crippen LogP contribution in [0.15, 0.2) is 30.3 Å². The summed E-state index contributed by atoms with van der Waals surface area (Å²) in [4.78, 5) is 11.8. The van der Waals surface area contributed by atoms with E-state index in [0.717, 1.165) is 25.7 Å². The highest BCUT2D eigenvalue weighted by Crippen LogP contribution is 2.24. The van der Waals surface area contributed by atoms with Gasteiger partial charge >= 0.3 is 6.03 Å². The van der Waals surface area contributed by atoms with Gasteiger partial charge in [-0.25, -0.2) is 13.2 Å². The number of amides is 2. The van der Waals surface area contributed by atoms with E-state index >= 15 is 0 Å². The Balaban J connectivity index is 1.81. The summed E-state index contributed by atoms with van der Waals surface area (Å²) >= 11 is 0. The SMILES string of the molecule is CS(=O)(=O)N(CCNC(=O)Nc1ccccc1)C1CCCC1. The number of benzene rings is 1. The van der Waals surface area contributed by atoms with Crippen LogP contribution in [0.1, 0.15) is 25.7 Å². The molecule has 1 aliphatic carbocycles. The normalized spacial score (nSPS) is 15.9. The van der Waals surface area contributed by atoms with Crippen molar-refractivity contribution in [3.8, 4) is 0 Å². The fraction of sp³-hybridized carbons (Fsp3) is 0.533. The highest BCUT2D eigenvalue weighted by atomic mass is 32.2. The molecule has 2 rings (SSSR count). The van der Waals surface area contributed by atoms with Gasteiger partial charge in [-0.1, -0.05) is 31.0 Å². The van der Waals surface area contributed by atoms with Crippen molar-refractivity contribution in [1.29, 1.82) is 0 Å². The maximum atomic E-state index is 11.9. The lowest BCUT2D eigenvalue weighted by molar-refractivity contribution is 0.249. The number of para-hydroxylation sites is 1. The van der Waals surface area contributed by atoms with Gasteiger partial charge in [0.2, 0.25) is 10.0 Å². The van der Waals surface area contributed by atoms with Gasteiger partial charge in [0.15, 0.2) is 0 Å². The molecule has 0 radical (unpaired) electrons. The summed E-state index contributed by atoms with van der Waals surface area (Å²) in [5.74, 6) is 0. The molecule has 6 nitrogen and oxygen atoms in total. The molecule has 2 N–H and O–H groups in total. The van der Waals surface area contributed by atoms with Crippen LogP contribution in [0.5, 0.6) is 0 Å². The van der Waals surface area contributed by atoms with E-state index in [0.29, 0.717) is 18.8 Å². The number of carbonyl (C=O) groups excluding carboxylic acids is 1. The van der Waals surface area contributed by atoms with Crippen LogP contribution >= 0.6 is 0 Å². The first-order chi connectivity index (χ1) is 10.5. The number of rotatable bonds is 6. The summed E-state index contributed by atoms with van der Waals surface area (Å²) in [6.45, 7) is 0.605. The van der Waals surface area contributed by atoms with E-state index in [-0.39, 0.29) is 12.1 Å². The van der Waals surface area contributed by atoms with Crippen molar-refractivity contribution in [3.05, 3.63) is 30.3 Å². The van der Waals surface area contributed by atoms with E-state index in [9.17, 15) is 13.2 Å². The van der Waals surface area contributed by atoms with Crippen LogP contribution in [0.2, 0.25) is 0 Å². The van der Waals surface area contributed by atoms with Gasteiger partial charge in [0.05, 0.1) is 6.26 Å². The molecule has 0 aromatic heterocycles. The first-order valence-electron chi connectivity index (χ1n) is 7.53. The molecule has 122 valence electrons. The number of urea groups is 1. The Kier molecular flexibility index (Phi) is 5.79. The van der Waals surface area contributed by atoms with Crippen LogP contribution in [-0.4, -0.2) is 44.1 Å². The van der Waals surface area contributed by atoms with E-state index < -0.39 is 10.0 Å². The van der Waals surface area contributed by atoms with Crippen LogP contribution in [-0.2, 0) is 10.0 Å². The molecule has 0 atom stereocenters. The van der Waals surface area contributed by atoms with Crippen LogP contribution < -0.4 is 10.6 Å². The minimum Gasteiger partial charge on any atom is -0.337 e. The summed E-state index contributed by atoms with van der Waals surface area (Å²) in [6.07, 6.45) is 5.18. The summed E-state index contributed by atoms with van der Waals surface area (Å²) < 4.78 is 25.3. The maximum Gasteiger partial charge on any atom is 0.319 e. The Morgan fingerprint density at radius 2 is 1.86 bits per heavy atom. The third kappa shape index (κ3) is 4.99. The fourth-order valence-electron chi connectivity index (χ4n) is 2.79. The molecule has 0 heterocycles. The van der Waals surface area contributed by atoms with Crippen LogP contribution in [0.25, 0.3) is 0 Å². The molecule has 1 aliphatic rings. The molecule has 0 aliphatic heterocycles. The van der Waals surface area contributed by atoms with Gasteiger partial charge in [0.1, 0.15) is 0 Å². The lowest BCUT2D eigenvalue weighted by Crippen LogP contribution is -2.43. The minimum absolute atomic E-state index is 0.0778. The number of hydrogen-bond acceptors (Lipinski definition) is 3. The lowest BCUT2D eigenvalue weighted by Gasteiger charge is -2.26. The first kappa shape index (κ1) is 16.8. The Bertz CT molecular complexity index is 583. The zero-order valence-electron chi connectivity index (χ0n) is 12.8. The van der Waals surface area contributed by atoms with Crippen molar-refractivity contribution in [2.45, 2.75) is 31.7 Å². The molecular formula is C15H23N3O3S. The predicted molar refractivity (Wildman–Crippen MR) is 87.3 cm³/mol. The van der Waals surface area contributed by atoms with Crippen LogP contribution in [0.4, 0.5) is 10.5 Å². The second kappa shape index (κ2) is 7.60. The zero-order chi connectivity index (χ0) is 16.0. The van der Waals surface area contributed by atoms with E-state index in [2.05, 4.69) is 10.6 Å². The van der Waals surface area contributed by atoms with Gasteiger partial charge in [0.25, 0.3) is 0 Å². The summed E-state index contributed by atoms with van der Waals surface area (Å²) in [5, 5.41) is 5.41. The summed E-state index contributed by atoms with van der Waals surface area (Å²) in [7, 11) is -3.24. The summed E-state index contributed by atoms with van der Waals surface area (Å²) in [5.41, 5.74) is 0.704. The third-order valence-electron chi connectivity index (χ3n) is 3.81. The smallest absolute Gasteiger partial charge is 0.319 e. The van der Waals surface area contributed by atoms with E-state index in [1.165, 1.54) is 10.6 Å². The van der Waals surface area contributed by atoms with Gasteiger partial charge in [-0.2, -0.15) is 4.31 Å². The van der Waals surface area contributed by atoms with E-state index in [1.54, 1.807) is 12.1 Å². The average molecular weight is 325 g/mol. The number of nitrogens with one attached hydrogen (secondary N) is 2. The number of hydrogen-bond donors (Lipinski definition) is 2. The van der Waals surface area contributed by atoms with Crippen LogP contribution in [0, 0.1) is 0 Å². The van der Waals surface area contributed by atoms with Crippen LogP contribution in [0.3, 0.4) is 0 Å². The predicted octanol–water partition coefficient (Wildman–Crippen LogP) is 2.01. The van der Waals surface area contributed by atoms with Crippen molar-refractivity contribution < 1.29 is 13.2 Å². The highest BCUT2D eigenvalue weighted by molar-refractivity contribution is 7.88. The van der Waals surface area contributed by atoms with Crippen molar-refractivity contribution >= 4 is 21.7 Å². The molecule has 0 spiro atoms. The number of nitrogens with zero attached hydrogens (tertiary/aromatic N) is 1. The van der Waals surface area contributed by atoms with Crippen molar-refractivity contribution in [3.63, 3.8) is 0 Å². The summed E-state index contributed by atoms with van der Waals surface area (Å²) in [6, 6.07) is 8.87. The zero-order valence-corrected chi connectivity index (χ0v) is 13.6. The van der Waals surface area contributed by atoms with Gasteiger partial charge in [-0.05, 0) is 25.0 Å². The molecule has 0 saturated heterocycles. The fourth-order valence-corrected chi connectivity index (χ4v) is 3.96. The first-order valence-corrected chi connectivity index (χ1v) is 9.38. The van der Waals surface area contributed by atoms with E-state index in [4.69, 9.17) is 0 Å². The maximum absolute atomic E-state index is 11.9. The van der Waals surface area contributed by atoms with Crippen molar-refractivity contribution in [1.82, 2.24) is 9.62 Å². The Morgan fingerprint density at radius 3 is 2.45 bits per heavy atom. The number of sulfonamides is 1. The molecule has 1 fully saturated rings. The van der Waals surface area contributed by atoms with Crippen molar-refractivity contribution in [2.75, 3.05) is 24.7 Å². The Labute approximate surface area is 131 Å². The molecule has 22 heavy (non-hydrogen) atoms. The number of anilines is 1. The average Bonchev–Trinajstić information content (AvgIpc) is 2.97. The third-order valence-corrected chi connectivity index (χ3v) is 5.14. The lowest BCUT2D eigenvalue weighted by atomic mass is 10.2. The molecule has 0 bridgehead atoms. The van der Waals surface area contributed by atoms with Gasteiger partial charge in [-0.3, -0.25) is 0 Å². The molecule has 0 unspecified atom stereocenters. The standard InChI is InChI=1S/C15H23N3O3S/c1-22(20,21)18(14-9-5-6-10-14)12-11-16-15(19)17-13-7-3-2-4-8-13/h2-4,7-8,14H,5-6,9-12H2,1H3,(H2,16,17,19). The van der Waals surface area contributed by atoms with Gasteiger partial charge < -0.3 is 10.6 Å². The molecular weight excluding hydrogens is 302 g/mol. The quantitative estimate of drug-likeness (QED) is 0.840. The molecule has 7 heteroatoms. The molecule has 1 saturated carbocycles. The van der Waals surface area contributed by atoms with E-state index in [1.807, 2.05) is 18.2 Å². The Hall–Kier alpha value is -1.60. The molecule has 2 amide bonds. The second-order valence-corrected chi connectivity index (χ2v) is 7.49. The van der Waals surface area contributed by atoms with Gasteiger partial charge in [0, 0.05) is 24.8 Å². The molecule has 1 aromatic rings.